The standard InChI is InChI=1S/C3H8O.CH4O.Ag/c1-2-3-4;1-2;/h4H,2-3H2,1H3;2H,1H3;. The summed E-state index contributed by atoms with van der Waals surface area (Å²) in [5.74, 6) is 0. The first-order valence-electron chi connectivity index (χ1n) is 1.97. The molecule has 0 aromatic carbocycles. The topological polar surface area (TPSA) is 40.5 Å². The van der Waals surface area contributed by atoms with Crippen molar-refractivity contribution in [1.29, 1.82) is 0 Å². The Morgan fingerprint density at radius 1 is 1.29 bits per heavy atom. The van der Waals surface area contributed by atoms with Crippen molar-refractivity contribution in [1.82, 2.24) is 0 Å². The van der Waals surface area contributed by atoms with Crippen LogP contribution in [-0.4, -0.2) is 23.9 Å². The summed E-state index contributed by atoms with van der Waals surface area (Å²) >= 11 is 0. The van der Waals surface area contributed by atoms with Crippen LogP contribution in [0, 0.1) is 0 Å². The maximum Gasteiger partial charge on any atom is 0.0428 e. The van der Waals surface area contributed by atoms with Gasteiger partial charge in [-0.25, -0.2) is 0 Å². The Morgan fingerprint density at radius 3 is 1.43 bits per heavy atom. The van der Waals surface area contributed by atoms with Gasteiger partial charge in [0.1, 0.15) is 0 Å². The van der Waals surface area contributed by atoms with Gasteiger partial charge >= 0.3 is 0 Å². The molecular weight excluding hydrogens is 188 g/mol. The van der Waals surface area contributed by atoms with E-state index in [0.717, 1.165) is 13.5 Å². The van der Waals surface area contributed by atoms with Gasteiger partial charge in [-0.2, -0.15) is 0 Å². The fourth-order valence-electron chi connectivity index (χ4n) is 0. The number of hydrogen-bond acceptors (Lipinski definition) is 2. The molecular formula is C4H12AgO2. The smallest absolute Gasteiger partial charge is 0.0428 e. The molecule has 0 atom stereocenters. The van der Waals surface area contributed by atoms with Gasteiger partial charge < -0.3 is 10.2 Å². The minimum atomic E-state index is 0. The van der Waals surface area contributed by atoms with Crippen LogP contribution in [0.15, 0.2) is 0 Å². The van der Waals surface area contributed by atoms with E-state index in [-0.39, 0.29) is 22.4 Å². The molecule has 0 amide bonds. The molecule has 0 saturated carbocycles. The zero-order valence-corrected chi connectivity index (χ0v) is 6.09. The molecule has 0 rings (SSSR count). The summed E-state index contributed by atoms with van der Waals surface area (Å²) in [6, 6.07) is 0. The maximum atomic E-state index is 7.88. The van der Waals surface area contributed by atoms with Crippen LogP contribution in [0.4, 0.5) is 0 Å². The SMILES string of the molecule is CCCO.CO.[Ag]. The first-order valence-corrected chi connectivity index (χ1v) is 1.97. The van der Waals surface area contributed by atoms with Gasteiger partial charge in [0.2, 0.25) is 0 Å². The summed E-state index contributed by atoms with van der Waals surface area (Å²) in [6.45, 7) is 2.25. The molecule has 1 radical (unpaired) electrons. The fraction of sp³-hybridized carbons (Fsp3) is 1.00. The summed E-state index contributed by atoms with van der Waals surface area (Å²) in [7, 11) is 1.00. The molecule has 0 aromatic rings. The maximum absolute atomic E-state index is 7.88. The van der Waals surface area contributed by atoms with E-state index < -0.39 is 0 Å². The van der Waals surface area contributed by atoms with Gasteiger partial charge in [0.05, 0.1) is 0 Å². The second-order valence-electron chi connectivity index (χ2n) is 0.724. The third-order valence-corrected chi connectivity index (χ3v) is 0.224. The molecule has 2 N–H and O–H groups in total. The van der Waals surface area contributed by atoms with Crippen LogP contribution >= 0.6 is 0 Å². The predicted octanol–water partition coefficient (Wildman–Crippen LogP) is -0.00530. The zero-order valence-electron chi connectivity index (χ0n) is 4.61. The van der Waals surface area contributed by atoms with Crippen molar-refractivity contribution in [3.8, 4) is 0 Å². The van der Waals surface area contributed by atoms with E-state index in [1.54, 1.807) is 0 Å². The van der Waals surface area contributed by atoms with Crippen LogP contribution < -0.4 is 0 Å². The molecule has 0 aromatic heterocycles. The van der Waals surface area contributed by atoms with Crippen molar-refractivity contribution in [2.75, 3.05) is 13.7 Å². The van der Waals surface area contributed by atoms with Crippen LogP contribution in [0.3, 0.4) is 0 Å². The van der Waals surface area contributed by atoms with E-state index in [4.69, 9.17) is 10.2 Å². The van der Waals surface area contributed by atoms with Crippen molar-refractivity contribution in [3.05, 3.63) is 0 Å². The molecule has 0 bridgehead atoms. The van der Waals surface area contributed by atoms with E-state index >= 15 is 0 Å². The molecule has 51 valence electrons. The Hall–Kier alpha value is 0.660. The van der Waals surface area contributed by atoms with E-state index in [1.165, 1.54) is 0 Å². The molecule has 7 heavy (non-hydrogen) atoms. The van der Waals surface area contributed by atoms with Gasteiger partial charge in [-0.05, 0) is 6.42 Å². The minimum Gasteiger partial charge on any atom is -0.400 e. The Labute approximate surface area is 60.1 Å². The minimum absolute atomic E-state index is 0. The Bertz CT molecular complexity index is 11.7. The third kappa shape index (κ3) is 52.5. The average Bonchev–Trinajstić information content (AvgIpc) is 1.72. The molecule has 0 fully saturated rings. The van der Waals surface area contributed by atoms with Gasteiger partial charge in [0.15, 0.2) is 0 Å². The second-order valence-corrected chi connectivity index (χ2v) is 0.724. The second kappa shape index (κ2) is 30.2. The predicted molar refractivity (Wildman–Crippen MR) is 25.5 cm³/mol. The van der Waals surface area contributed by atoms with E-state index in [9.17, 15) is 0 Å². The van der Waals surface area contributed by atoms with Crippen molar-refractivity contribution < 1.29 is 32.6 Å². The van der Waals surface area contributed by atoms with Gasteiger partial charge in [-0.15, -0.1) is 0 Å². The fourth-order valence-corrected chi connectivity index (χ4v) is 0. The van der Waals surface area contributed by atoms with Crippen molar-refractivity contribution in [2.45, 2.75) is 13.3 Å². The summed E-state index contributed by atoms with van der Waals surface area (Å²) < 4.78 is 0. The third-order valence-electron chi connectivity index (χ3n) is 0.224. The van der Waals surface area contributed by atoms with Gasteiger partial charge in [-0.3, -0.25) is 0 Å². The normalized spacial score (nSPS) is 5.14. The van der Waals surface area contributed by atoms with Gasteiger partial charge in [0, 0.05) is 36.1 Å². The van der Waals surface area contributed by atoms with Crippen LogP contribution in [0.1, 0.15) is 13.3 Å². The quantitative estimate of drug-likeness (QED) is 0.584. The summed E-state index contributed by atoms with van der Waals surface area (Å²) in [5.41, 5.74) is 0. The monoisotopic (exact) mass is 199 g/mol. The van der Waals surface area contributed by atoms with E-state index in [0.29, 0.717) is 6.61 Å². The number of hydrogen-bond donors (Lipinski definition) is 2. The molecule has 3 heteroatoms. The van der Waals surface area contributed by atoms with Crippen molar-refractivity contribution in [3.63, 3.8) is 0 Å². The molecule has 0 aliphatic rings. The van der Waals surface area contributed by atoms with Gasteiger partial charge in [0.25, 0.3) is 0 Å². The Kier molecular flexibility index (Phi) is 67.4. The number of aliphatic hydroxyl groups is 2. The van der Waals surface area contributed by atoms with E-state index in [1.807, 2.05) is 6.92 Å². The van der Waals surface area contributed by atoms with Gasteiger partial charge in [-0.1, -0.05) is 6.92 Å². The molecule has 0 heterocycles. The molecule has 0 aliphatic carbocycles. The summed E-state index contributed by atoms with van der Waals surface area (Å²) in [6.07, 6.45) is 0.875. The van der Waals surface area contributed by atoms with Crippen LogP contribution in [0.2, 0.25) is 0 Å². The molecule has 0 saturated heterocycles. The van der Waals surface area contributed by atoms with Crippen molar-refractivity contribution in [2.24, 2.45) is 0 Å². The Morgan fingerprint density at radius 2 is 1.43 bits per heavy atom. The Balaban J connectivity index is -0.0000000480. The largest absolute Gasteiger partial charge is 0.400 e. The van der Waals surface area contributed by atoms with Crippen molar-refractivity contribution >= 4 is 0 Å². The molecule has 0 unspecified atom stereocenters. The summed E-state index contributed by atoms with van der Waals surface area (Å²) in [5, 5.41) is 14.9. The molecule has 0 spiro atoms. The van der Waals surface area contributed by atoms with Crippen LogP contribution in [-0.2, 0) is 22.4 Å². The average molecular weight is 200 g/mol. The molecule has 0 aliphatic heterocycles. The van der Waals surface area contributed by atoms with Crippen LogP contribution in [0.25, 0.3) is 0 Å². The molecule has 2 nitrogen and oxygen atoms in total. The summed E-state index contributed by atoms with van der Waals surface area (Å²) in [4.78, 5) is 0. The van der Waals surface area contributed by atoms with E-state index in [2.05, 4.69) is 0 Å². The first kappa shape index (κ1) is 15.6. The number of rotatable bonds is 1. The first-order chi connectivity index (χ1) is 2.91. The number of aliphatic hydroxyl groups excluding tert-OH is 2. The zero-order chi connectivity index (χ0) is 5.41. The van der Waals surface area contributed by atoms with Crippen LogP contribution in [0.5, 0.6) is 0 Å².